The van der Waals surface area contributed by atoms with E-state index in [1.807, 2.05) is 6.92 Å². The molecule has 1 saturated carbocycles. The van der Waals surface area contributed by atoms with Crippen LogP contribution < -0.4 is 10.6 Å². The molecule has 0 aromatic rings. The molecule has 2 rings (SSSR count). The van der Waals surface area contributed by atoms with E-state index in [0.29, 0.717) is 5.92 Å². The quantitative estimate of drug-likeness (QED) is 0.748. The van der Waals surface area contributed by atoms with Crippen molar-refractivity contribution in [2.75, 3.05) is 19.7 Å². The lowest BCUT2D eigenvalue weighted by atomic mass is 9.93. The third kappa shape index (κ3) is 4.46. The van der Waals surface area contributed by atoms with Crippen LogP contribution in [0.3, 0.4) is 0 Å². The molecule has 1 heterocycles. The molecule has 1 aliphatic heterocycles. The normalized spacial score (nSPS) is 25.2. The number of carbonyl (C=O) groups excluding carboxylic acids is 1. The van der Waals surface area contributed by atoms with E-state index in [1.165, 1.54) is 38.5 Å². The second-order valence-electron chi connectivity index (χ2n) is 6.45. The molecule has 110 valence electrons. The molecular weight excluding hydrogens is 240 g/mol. The van der Waals surface area contributed by atoms with Crippen LogP contribution in [0.1, 0.15) is 52.4 Å². The molecule has 1 amide bonds. The van der Waals surface area contributed by atoms with E-state index in [9.17, 15) is 4.79 Å². The van der Waals surface area contributed by atoms with E-state index in [0.717, 1.165) is 13.1 Å². The fourth-order valence-electron chi connectivity index (χ4n) is 3.04. The summed E-state index contributed by atoms with van der Waals surface area (Å²) in [5, 5.41) is 6.28. The summed E-state index contributed by atoms with van der Waals surface area (Å²) in [7, 11) is 0. The van der Waals surface area contributed by atoms with E-state index < -0.39 is 0 Å². The van der Waals surface area contributed by atoms with Gasteiger partial charge in [0.2, 0.25) is 5.91 Å². The van der Waals surface area contributed by atoms with Gasteiger partial charge in [0, 0.05) is 19.1 Å². The van der Waals surface area contributed by atoms with Gasteiger partial charge in [-0.15, -0.1) is 0 Å². The predicted molar refractivity (Wildman–Crippen MR) is 76.0 cm³/mol. The number of rotatable bonds is 5. The van der Waals surface area contributed by atoms with Gasteiger partial charge in [0.05, 0.1) is 5.60 Å². The van der Waals surface area contributed by atoms with Crippen molar-refractivity contribution in [3.63, 3.8) is 0 Å². The molecule has 0 aromatic carbocycles. The Labute approximate surface area is 116 Å². The predicted octanol–water partition coefficient (Wildman–Crippen LogP) is 1.84. The SMILES string of the molecule is C[C@@H](NC(=O)COC1(C)CNC1)C1CCCCCC1. The fraction of sp³-hybridized carbons (Fsp3) is 0.933. The largest absolute Gasteiger partial charge is 0.363 e. The molecule has 2 aliphatic rings. The molecule has 2 fully saturated rings. The smallest absolute Gasteiger partial charge is 0.246 e. The van der Waals surface area contributed by atoms with Crippen LogP contribution in [0.25, 0.3) is 0 Å². The average Bonchev–Trinajstić information content (AvgIpc) is 2.62. The molecule has 0 aromatic heterocycles. The second kappa shape index (κ2) is 6.71. The lowest BCUT2D eigenvalue weighted by molar-refractivity contribution is -0.136. The summed E-state index contributed by atoms with van der Waals surface area (Å²) in [4.78, 5) is 11.9. The maximum absolute atomic E-state index is 11.9. The zero-order valence-corrected chi connectivity index (χ0v) is 12.3. The number of ether oxygens (including phenoxy) is 1. The summed E-state index contributed by atoms with van der Waals surface area (Å²) in [5.74, 6) is 0.678. The highest BCUT2D eigenvalue weighted by molar-refractivity contribution is 5.77. The van der Waals surface area contributed by atoms with Crippen LogP contribution in [0, 0.1) is 5.92 Å². The van der Waals surface area contributed by atoms with Crippen LogP contribution in [0.5, 0.6) is 0 Å². The van der Waals surface area contributed by atoms with E-state index >= 15 is 0 Å². The van der Waals surface area contributed by atoms with Gasteiger partial charge in [0.15, 0.2) is 0 Å². The Morgan fingerprint density at radius 2 is 1.95 bits per heavy atom. The van der Waals surface area contributed by atoms with Crippen molar-refractivity contribution in [1.29, 1.82) is 0 Å². The van der Waals surface area contributed by atoms with Gasteiger partial charge in [-0.2, -0.15) is 0 Å². The van der Waals surface area contributed by atoms with Gasteiger partial charge in [0.25, 0.3) is 0 Å². The van der Waals surface area contributed by atoms with Crippen LogP contribution in [-0.2, 0) is 9.53 Å². The van der Waals surface area contributed by atoms with Gasteiger partial charge in [-0.1, -0.05) is 25.7 Å². The summed E-state index contributed by atoms with van der Waals surface area (Å²) in [6.45, 7) is 6.07. The Morgan fingerprint density at radius 1 is 1.32 bits per heavy atom. The zero-order valence-electron chi connectivity index (χ0n) is 12.3. The minimum Gasteiger partial charge on any atom is -0.363 e. The van der Waals surface area contributed by atoms with Crippen molar-refractivity contribution in [2.24, 2.45) is 5.92 Å². The van der Waals surface area contributed by atoms with Crippen LogP contribution in [0.4, 0.5) is 0 Å². The van der Waals surface area contributed by atoms with Crippen molar-refractivity contribution in [3.05, 3.63) is 0 Å². The average molecular weight is 268 g/mol. The maximum Gasteiger partial charge on any atom is 0.246 e. The van der Waals surface area contributed by atoms with Gasteiger partial charge in [-0.25, -0.2) is 0 Å². The fourth-order valence-corrected chi connectivity index (χ4v) is 3.04. The first-order chi connectivity index (χ1) is 9.09. The monoisotopic (exact) mass is 268 g/mol. The third-order valence-electron chi connectivity index (χ3n) is 4.55. The second-order valence-corrected chi connectivity index (χ2v) is 6.45. The van der Waals surface area contributed by atoms with Gasteiger partial charge in [-0.05, 0) is 32.6 Å². The number of carbonyl (C=O) groups is 1. The lowest BCUT2D eigenvalue weighted by Crippen LogP contribution is -2.59. The summed E-state index contributed by atoms with van der Waals surface area (Å²) in [5.41, 5.74) is -0.136. The third-order valence-corrected chi connectivity index (χ3v) is 4.55. The van der Waals surface area contributed by atoms with Crippen LogP contribution in [0.2, 0.25) is 0 Å². The molecule has 19 heavy (non-hydrogen) atoms. The standard InChI is InChI=1S/C15H28N2O2/c1-12(13-7-5-3-4-6-8-13)17-14(18)9-19-15(2)10-16-11-15/h12-13,16H,3-11H2,1-2H3,(H,17,18)/t12-/m1/s1. The van der Waals surface area contributed by atoms with E-state index in [1.54, 1.807) is 0 Å². The number of hydrogen-bond acceptors (Lipinski definition) is 3. The van der Waals surface area contributed by atoms with E-state index in [-0.39, 0.29) is 24.2 Å². The summed E-state index contributed by atoms with van der Waals surface area (Å²) < 4.78 is 5.67. The highest BCUT2D eigenvalue weighted by Crippen LogP contribution is 2.25. The van der Waals surface area contributed by atoms with Crippen molar-refractivity contribution in [1.82, 2.24) is 10.6 Å². The molecule has 4 nitrogen and oxygen atoms in total. The van der Waals surface area contributed by atoms with Crippen molar-refractivity contribution < 1.29 is 9.53 Å². The molecule has 0 unspecified atom stereocenters. The van der Waals surface area contributed by atoms with Gasteiger partial charge in [0.1, 0.15) is 6.61 Å². The first-order valence-electron chi connectivity index (χ1n) is 7.73. The topological polar surface area (TPSA) is 50.4 Å². The molecular formula is C15H28N2O2. The van der Waals surface area contributed by atoms with Crippen LogP contribution >= 0.6 is 0 Å². The highest BCUT2D eigenvalue weighted by atomic mass is 16.5. The van der Waals surface area contributed by atoms with Crippen molar-refractivity contribution in [2.45, 2.75) is 64.0 Å². The molecule has 0 spiro atoms. The summed E-state index contributed by atoms with van der Waals surface area (Å²) in [6.07, 6.45) is 7.83. The highest BCUT2D eigenvalue weighted by Gasteiger charge is 2.33. The minimum absolute atomic E-state index is 0.0323. The molecule has 0 radical (unpaired) electrons. The van der Waals surface area contributed by atoms with E-state index in [2.05, 4.69) is 17.6 Å². The first kappa shape index (κ1) is 14.8. The maximum atomic E-state index is 11.9. The minimum atomic E-state index is -0.136. The molecule has 2 N–H and O–H groups in total. The molecule has 0 bridgehead atoms. The molecule has 1 atom stereocenters. The number of amides is 1. The first-order valence-corrected chi connectivity index (χ1v) is 7.73. The Morgan fingerprint density at radius 3 is 2.47 bits per heavy atom. The van der Waals surface area contributed by atoms with Crippen LogP contribution in [-0.4, -0.2) is 37.2 Å². The summed E-state index contributed by atoms with van der Waals surface area (Å²) in [6, 6.07) is 0.279. The number of nitrogens with one attached hydrogen (secondary N) is 2. The summed E-state index contributed by atoms with van der Waals surface area (Å²) >= 11 is 0. The zero-order chi connectivity index (χ0) is 13.7. The van der Waals surface area contributed by atoms with Crippen molar-refractivity contribution >= 4 is 5.91 Å². The Hall–Kier alpha value is -0.610. The Balaban J connectivity index is 1.68. The van der Waals surface area contributed by atoms with Gasteiger partial charge >= 0.3 is 0 Å². The Bertz CT molecular complexity index is 295. The van der Waals surface area contributed by atoms with Gasteiger partial charge in [-0.3, -0.25) is 4.79 Å². The van der Waals surface area contributed by atoms with Gasteiger partial charge < -0.3 is 15.4 Å². The van der Waals surface area contributed by atoms with E-state index in [4.69, 9.17) is 4.74 Å². The molecule has 1 saturated heterocycles. The van der Waals surface area contributed by atoms with Crippen LogP contribution in [0.15, 0.2) is 0 Å². The Kier molecular flexibility index (Phi) is 5.22. The molecule has 4 heteroatoms. The molecule has 1 aliphatic carbocycles. The number of hydrogen-bond donors (Lipinski definition) is 2. The van der Waals surface area contributed by atoms with Crippen molar-refractivity contribution in [3.8, 4) is 0 Å². The lowest BCUT2D eigenvalue weighted by Gasteiger charge is -2.38.